The molecule has 0 spiro atoms. The molecule has 2 rings (SSSR count). The predicted octanol–water partition coefficient (Wildman–Crippen LogP) is 4.37. The second kappa shape index (κ2) is 12.8. The fraction of sp³-hybridized carbons (Fsp3) is 0.333. The van der Waals surface area contributed by atoms with Gasteiger partial charge in [0.15, 0.2) is 17.6 Å². The number of esters is 1. The van der Waals surface area contributed by atoms with Crippen LogP contribution >= 0.6 is 0 Å². The molecular weight excluding hydrogens is 444 g/mol. The van der Waals surface area contributed by atoms with Gasteiger partial charge in [0, 0.05) is 18.2 Å². The van der Waals surface area contributed by atoms with Crippen molar-refractivity contribution in [3.05, 3.63) is 58.2 Å². The normalized spacial score (nSPS) is 11.5. The topological polar surface area (TPSA) is 126 Å². The Morgan fingerprint density at radius 2 is 1.82 bits per heavy atom. The number of nitro groups is 1. The molecule has 0 saturated heterocycles. The number of anilines is 1. The number of nitro benzene ring substituents is 1. The number of rotatable bonds is 12. The lowest BCUT2D eigenvalue weighted by Gasteiger charge is -2.14. The summed E-state index contributed by atoms with van der Waals surface area (Å²) in [5.41, 5.74) is 0.554. The predicted molar refractivity (Wildman–Crippen MR) is 126 cm³/mol. The van der Waals surface area contributed by atoms with Crippen LogP contribution in [-0.2, 0) is 14.3 Å². The highest BCUT2D eigenvalue weighted by Crippen LogP contribution is 2.30. The van der Waals surface area contributed by atoms with Gasteiger partial charge in [-0.15, -0.1) is 0 Å². The van der Waals surface area contributed by atoms with Crippen LogP contribution in [0.5, 0.6) is 17.2 Å². The smallest absolute Gasteiger partial charge is 0.331 e. The fourth-order valence-corrected chi connectivity index (χ4v) is 2.80. The van der Waals surface area contributed by atoms with E-state index in [9.17, 15) is 19.7 Å². The van der Waals surface area contributed by atoms with Crippen molar-refractivity contribution in [2.45, 2.75) is 33.3 Å². The minimum atomic E-state index is -1.16. The van der Waals surface area contributed by atoms with E-state index in [2.05, 4.69) is 5.32 Å². The molecule has 10 heteroatoms. The molecule has 2 aromatic carbocycles. The number of carbonyl (C=O) groups is 2. The molecule has 0 aliphatic heterocycles. The highest BCUT2D eigenvalue weighted by Gasteiger charge is 2.20. The van der Waals surface area contributed by atoms with E-state index in [4.69, 9.17) is 18.9 Å². The summed E-state index contributed by atoms with van der Waals surface area (Å²) in [5.74, 6) is -0.00113. The number of methoxy groups -OCH3 is 1. The van der Waals surface area contributed by atoms with Gasteiger partial charge in [-0.25, -0.2) is 4.79 Å². The largest absolute Gasteiger partial charge is 0.495 e. The van der Waals surface area contributed by atoms with Crippen LogP contribution in [0.2, 0.25) is 0 Å². The van der Waals surface area contributed by atoms with Crippen LogP contribution in [0.1, 0.15) is 32.8 Å². The van der Waals surface area contributed by atoms with E-state index >= 15 is 0 Å². The number of benzene rings is 2. The number of nitrogens with zero attached hydrogens (tertiary/aromatic N) is 1. The summed E-state index contributed by atoms with van der Waals surface area (Å²) in [7, 11) is 1.37. The van der Waals surface area contributed by atoms with E-state index in [0.29, 0.717) is 30.3 Å². The standard InChI is InChI=1S/C24H28N2O8/c1-5-13-33-21-10-7-17(14-22(21)32-6-2)8-12-23(27)34-16(3)24(28)25-19-15-18(26(29)30)9-11-20(19)31-4/h7-12,14-16H,5-6,13H2,1-4H3,(H,25,28)/b12-8+. The van der Waals surface area contributed by atoms with Gasteiger partial charge in [0.25, 0.3) is 11.6 Å². The molecule has 1 unspecified atom stereocenters. The van der Waals surface area contributed by atoms with Gasteiger partial charge in [0.1, 0.15) is 5.75 Å². The van der Waals surface area contributed by atoms with Gasteiger partial charge < -0.3 is 24.3 Å². The van der Waals surface area contributed by atoms with Crippen molar-refractivity contribution in [3.63, 3.8) is 0 Å². The van der Waals surface area contributed by atoms with Gasteiger partial charge in [-0.05, 0) is 50.1 Å². The number of non-ortho nitro benzene ring substituents is 1. The van der Waals surface area contributed by atoms with Gasteiger partial charge in [0.2, 0.25) is 0 Å². The summed E-state index contributed by atoms with van der Waals surface area (Å²) < 4.78 is 21.5. The Balaban J connectivity index is 2.03. The molecule has 1 atom stereocenters. The third-order valence-electron chi connectivity index (χ3n) is 4.46. The summed E-state index contributed by atoms with van der Waals surface area (Å²) in [6, 6.07) is 9.04. The second-order valence-corrected chi connectivity index (χ2v) is 7.03. The van der Waals surface area contributed by atoms with Crippen LogP contribution in [-0.4, -0.2) is 43.2 Å². The van der Waals surface area contributed by atoms with Crippen molar-refractivity contribution in [1.82, 2.24) is 0 Å². The number of amides is 1. The van der Waals surface area contributed by atoms with Crippen molar-refractivity contribution >= 4 is 29.3 Å². The Kier molecular flexibility index (Phi) is 9.88. The first kappa shape index (κ1) is 26.2. The first-order valence-electron chi connectivity index (χ1n) is 10.7. The average Bonchev–Trinajstić information content (AvgIpc) is 2.82. The maximum Gasteiger partial charge on any atom is 0.331 e. The first-order chi connectivity index (χ1) is 16.3. The zero-order valence-electron chi connectivity index (χ0n) is 19.5. The Morgan fingerprint density at radius 1 is 1.09 bits per heavy atom. The maximum atomic E-state index is 12.4. The molecule has 1 N–H and O–H groups in total. The molecule has 10 nitrogen and oxygen atoms in total. The molecule has 0 bridgehead atoms. The Labute approximate surface area is 197 Å². The quantitative estimate of drug-likeness (QED) is 0.209. The molecular formula is C24H28N2O8. The molecule has 0 aromatic heterocycles. The molecule has 1 amide bonds. The molecule has 0 saturated carbocycles. The first-order valence-corrected chi connectivity index (χ1v) is 10.7. The Morgan fingerprint density at radius 3 is 2.47 bits per heavy atom. The molecule has 0 heterocycles. The number of ether oxygens (including phenoxy) is 4. The SMILES string of the molecule is CCCOc1ccc(/C=C/C(=O)OC(C)C(=O)Nc2cc([N+](=O)[O-])ccc2OC)cc1OCC. The Bertz CT molecular complexity index is 1050. The van der Waals surface area contributed by atoms with Crippen LogP contribution in [0.25, 0.3) is 6.08 Å². The molecule has 182 valence electrons. The van der Waals surface area contributed by atoms with Crippen LogP contribution in [0.15, 0.2) is 42.5 Å². The van der Waals surface area contributed by atoms with Crippen molar-refractivity contribution in [2.75, 3.05) is 25.6 Å². The van der Waals surface area contributed by atoms with Crippen molar-refractivity contribution in [3.8, 4) is 17.2 Å². The van der Waals surface area contributed by atoms with E-state index in [0.717, 1.165) is 12.5 Å². The van der Waals surface area contributed by atoms with Crippen LogP contribution < -0.4 is 19.5 Å². The molecule has 0 aliphatic rings. The molecule has 0 fully saturated rings. The second-order valence-electron chi connectivity index (χ2n) is 7.03. The van der Waals surface area contributed by atoms with Crippen molar-refractivity contribution < 1.29 is 33.5 Å². The molecule has 0 aliphatic carbocycles. The average molecular weight is 472 g/mol. The summed E-state index contributed by atoms with van der Waals surface area (Å²) in [5, 5.41) is 13.5. The maximum absolute atomic E-state index is 12.4. The monoisotopic (exact) mass is 472 g/mol. The van der Waals surface area contributed by atoms with Crippen molar-refractivity contribution in [2.24, 2.45) is 0 Å². The molecule has 0 radical (unpaired) electrons. The van der Waals surface area contributed by atoms with Crippen LogP contribution in [0.4, 0.5) is 11.4 Å². The highest BCUT2D eigenvalue weighted by atomic mass is 16.6. The molecule has 34 heavy (non-hydrogen) atoms. The lowest BCUT2D eigenvalue weighted by atomic mass is 10.2. The molecule has 2 aromatic rings. The third kappa shape index (κ3) is 7.51. The highest BCUT2D eigenvalue weighted by molar-refractivity contribution is 5.97. The lowest BCUT2D eigenvalue weighted by Crippen LogP contribution is -2.29. The fourth-order valence-electron chi connectivity index (χ4n) is 2.80. The van der Waals surface area contributed by atoms with E-state index in [1.807, 2.05) is 13.8 Å². The lowest BCUT2D eigenvalue weighted by molar-refractivity contribution is -0.384. The number of nitrogens with one attached hydrogen (secondary N) is 1. The van der Waals surface area contributed by atoms with Gasteiger partial charge in [-0.2, -0.15) is 0 Å². The van der Waals surface area contributed by atoms with Gasteiger partial charge in [-0.3, -0.25) is 14.9 Å². The van der Waals surface area contributed by atoms with Crippen LogP contribution in [0.3, 0.4) is 0 Å². The van der Waals surface area contributed by atoms with Crippen molar-refractivity contribution in [1.29, 1.82) is 0 Å². The van der Waals surface area contributed by atoms with E-state index in [1.54, 1.807) is 18.2 Å². The summed E-state index contributed by atoms with van der Waals surface area (Å²) >= 11 is 0. The van der Waals surface area contributed by atoms with E-state index in [1.165, 1.54) is 38.3 Å². The number of hydrogen-bond acceptors (Lipinski definition) is 8. The number of hydrogen-bond donors (Lipinski definition) is 1. The van der Waals surface area contributed by atoms with Gasteiger partial charge in [0.05, 0.1) is 30.9 Å². The van der Waals surface area contributed by atoms with E-state index in [-0.39, 0.29) is 17.1 Å². The van der Waals surface area contributed by atoms with E-state index < -0.39 is 22.9 Å². The van der Waals surface area contributed by atoms with Crippen LogP contribution in [0, 0.1) is 10.1 Å². The Hall–Kier alpha value is -4.08. The minimum absolute atomic E-state index is 0.0916. The summed E-state index contributed by atoms with van der Waals surface area (Å²) in [6.07, 6.45) is 2.42. The zero-order chi connectivity index (χ0) is 25.1. The zero-order valence-corrected chi connectivity index (χ0v) is 19.5. The number of carbonyl (C=O) groups excluding carboxylic acids is 2. The van der Waals surface area contributed by atoms with Gasteiger partial charge in [-0.1, -0.05) is 13.0 Å². The summed E-state index contributed by atoms with van der Waals surface area (Å²) in [4.78, 5) is 35.0. The van der Waals surface area contributed by atoms with Gasteiger partial charge >= 0.3 is 5.97 Å². The minimum Gasteiger partial charge on any atom is -0.495 e. The third-order valence-corrected chi connectivity index (χ3v) is 4.46. The summed E-state index contributed by atoms with van der Waals surface area (Å²) in [6.45, 7) is 6.27.